The average molecular weight is 312 g/mol. The molecule has 0 fully saturated rings. The van der Waals surface area contributed by atoms with Gasteiger partial charge in [0.05, 0.1) is 0 Å². The van der Waals surface area contributed by atoms with Gasteiger partial charge in [0.15, 0.2) is 0 Å². The van der Waals surface area contributed by atoms with E-state index in [2.05, 4.69) is 27.7 Å². The maximum Gasteiger partial charge on any atom is 1.00 e. The zero-order valence-corrected chi connectivity index (χ0v) is 18.1. The maximum atomic E-state index is 13.1. The van der Waals surface area contributed by atoms with E-state index in [0.29, 0.717) is 0 Å². The van der Waals surface area contributed by atoms with E-state index in [1.165, 1.54) is 0 Å². The summed E-state index contributed by atoms with van der Waals surface area (Å²) in [5.41, 5.74) is 0. The van der Waals surface area contributed by atoms with Crippen molar-refractivity contribution in [1.29, 1.82) is 0 Å². The molecule has 0 aromatic rings. The largest absolute Gasteiger partial charge is 1.00 e. The molecule has 2 nitrogen and oxygen atoms in total. The first kappa shape index (κ1) is 23.5. The molecule has 0 aliphatic rings. The van der Waals surface area contributed by atoms with Crippen LogP contribution >= 0.6 is 7.37 Å². The molecule has 116 valence electrons. The molecule has 0 spiro atoms. The topological polar surface area (TPSA) is 40.1 Å². The third kappa shape index (κ3) is 4.59. The standard InChI is InChI=1S/C16H35O2P.Na/c1-9-11-13(3)15(5,6)19(17,18)16(7,8)14(4)12-10-2;/h13-14H,9-12H2,1-8H3,(H,17,18);/q;+1/p-1. The summed E-state index contributed by atoms with van der Waals surface area (Å²) in [6, 6.07) is 0. The van der Waals surface area contributed by atoms with Crippen molar-refractivity contribution in [3.05, 3.63) is 0 Å². The number of rotatable bonds is 8. The molecule has 20 heavy (non-hydrogen) atoms. The molecule has 0 heterocycles. The van der Waals surface area contributed by atoms with Gasteiger partial charge in [-0.2, -0.15) is 0 Å². The van der Waals surface area contributed by atoms with E-state index in [9.17, 15) is 9.46 Å². The van der Waals surface area contributed by atoms with Gasteiger partial charge in [0.2, 0.25) is 0 Å². The summed E-state index contributed by atoms with van der Waals surface area (Å²) in [4.78, 5) is 13.1. The summed E-state index contributed by atoms with van der Waals surface area (Å²) in [7, 11) is -3.52. The Balaban J connectivity index is 0. The van der Waals surface area contributed by atoms with Gasteiger partial charge in [0.25, 0.3) is 0 Å². The fourth-order valence-corrected chi connectivity index (χ4v) is 5.80. The smallest absolute Gasteiger partial charge is 0.799 e. The Bertz CT molecular complexity index is 298. The van der Waals surface area contributed by atoms with Gasteiger partial charge in [-0.1, -0.05) is 81.1 Å². The van der Waals surface area contributed by atoms with Crippen molar-refractivity contribution < 1.29 is 39.0 Å². The molecular weight excluding hydrogens is 278 g/mol. The molecular formula is C16H34NaO2P. The van der Waals surface area contributed by atoms with Crippen LogP contribution in [-0.2, 0) is 4.57 Å². The molecule has 0 aromatic carbocycles. The van der Waals surface area contributed by atoms with E-state index in [1.807, 2.05) is 27.7 Å². The predicted molar refractivity (Wildman–Crippen MR) is 83.9 cm³/mol. The van der Waals surface area contributed by atoms with Crippen molar-refractivity contribution in [1.82, 2.24) is 0 Å². The third-order valence-electron chi connectivity index (χ3n) is 5.37. The zero-order chi connectivity index (χ0) is 15.5. The molecule has 0 amide bonds. The Morgan fingerprint density at radius 1 is 0.900 bits per heavy atom. The van der Waals surface area contributed by atoms with Crippen LogP contribution in [0.5, 0.6) is 0 Å². The molecule has 0 saturated heterocycles. The van der Waals surface area contributed by atoms with E-state index in [-0.39, 0.29) is 41.4 Å². The van der Waals surface area contributed by atoms with Crippen LogP contribution < -0.4 is 34.5 Å². The van der Waals surface area contributed by atoms with Crippen molar-refractivity contribution in [2.45, 2.75) is 91.4 Å². The van der Waals surface area contributed by atoms with Crippen LogP contribution in [0.4, 0.5) is 0 Å². The van der Waals surface area contributed by atoms with Crippen molar-refractivity contribution in [2.24, 2.45) is 11.8 Å². The van der Waals surface area contributed by atoms with Gasteiger partial charge in [-0.05, 0) is 11.8 Å². The van der Waals surface area contributed by atoms with Crippen molar-refractivity contribution >= 4 is 7.37 Å². The fourth-order valence-electron chi connectivity index (χ4n) is 2.90. The van der Waals surface area contributed by atoms with Gasteiger partial charge in [-0.15, -0.1) is 0 Å². The molecule has 2 unspecified atom stereocenters. The molecule has 0 saturated carbocycles. The van der Waals surface area contributed by atoms with Crippen molar-refractivity contribution in [3.63, 3.8) is 0 Å². The summed E-state index contributed by atoms with van der Waals surface area (Å²) in [5.74, 6) is 0.405. The Morgan fingerprint density at radius 2 is 1.15 bits per heavy atom. The Kier molecular flexibility index (Phi) is 10.2. The second-order valence-electron chi connectivity index (χ2n) is 7.24. The maximum absolute atomic E-state index is 13.1. The minimum Gasteiger partial charge on any atom is -0.799 e. The second kappa shape index (κ2) is 8.73. The van der Waals surface area contributed by atoms with E-state index in [4.69, 9.17) is 0 Å². The van der Waals surface area contributed by atoms with Gasteiger partial charge < -0.3 is 9.46 Å². The molecule has 2 atom stereocenters. The first-order chi connectivity index (χ1) is 8.46. The van der Waals surface area contributed by atoms with Gasteiger partial charge in [-0.3, -0.25) is 0 Å². The first-order valence-corrected chi connectivity index (χ1v) is 9.40. The minimum atomic E-state index is -3.52. The summed E-state index contributed by atoms with van der Waals surface area (Å²) in [5, 5.41) is -1.26. The van der Waals surface area contributed by atoms with Crippen LogP contribution in [0.2, 0.25) is 0 Å². The predicted octanol–water partition coefficient (Wildman–Crippen LogP) is 2.06. The van der Waals surface area contributed by atoms with Crippen LogP contribution in [0.3, 0.4) is 0 Å². The average Bonchev–Trinajstić information content (AvgIpc) is 2.28. The Hall–Kier alpha value is 1.19. The van der Waals surface area contributed by atoms with Gasteiger partial charge >= 0.3 is 29.6 Å². The molecule has 0 rings (SSSR count). The van der Waals surface area contributed by atoms with E-state index < -0.39 is 17.7 Å². The summed E-state index contributed by atoms with van der Waals surface area (Å²) < 4.78 is 13.1. The second-order valence-corrected chi connectivity index (χ2v) is 10.6. The van der Waals surface area contributed by atoms with Crippen LogP contribution in [0.15, 0.2) is 0 Å². The van der Waals surface area contributed by atoms with Crippen molar-refractivity contribution in [2.75, 3.05) is 0 Å². The monoisotopic (exact) mass is 312 g/mol. The quantitative estimate of drug-likeness (QED) is 0.508. The van der Waals surface area contributed by atoms with Crippen LogP contribution in [0.25, 0.3) is 0 Å². The molecule has 0 bridgehead atoms. The third-order valence-corrected chi connectivity index (χ3v) is 9.29. The molecule has 4 heteroatoms. The fraction of sp³-hybridized carbons (Fsp3) is 1.00. The molecule has 0 aromatic heterocycles. The van der Waals surface area contributed by atoms with Crippen LogP contribution in [0, 0.1) is 11.8 Å². The number of hydrogen-bond donors (Lipinski definition) is 0. The molecule has 0 aliphatic carbocycles. The van der Waals surface area contributed by atoms with Gasteiger partial charge in [-0.25, -0.2) is 0 Å². The minimum absolute atomic E-state index is 0. The van der Waals surface area contributed by atoms with Crippen molar-refractivity contribution in [3.8, 4) is 0 Å². The number of hydrogen-bond acceptors (Lipinski definition) is 2. The Labute approximate surface area is 149 Å². The summed E-state index contributed by atoms with van der Waals surface area (Å²) >= 11 is 0. The summed E-state index contributed by atoms with van der Waals surface area (Å²) in [6.07, 6.45) is 4.01. The normalized spacial score (nSPS) is 18.9. The SMILES string of the molecule is CCCC(C)C(C)(C)P(=O)([O-])C(C)(C)C(C)CCC.[Na+]. The molecule has 0 aliphatic heterocycles. The summed E-state index contributed by atoms with van der Waals surface area (Å²) in [6.45, 7) is 16.1. The van der Waals surface area contributed by atoms with Crippen LogP contribution in [-0.4, -0.2) is 10.3 Å². The van der Waals surface area contributed by atoms with Gasteiger partial charge in [0, 0.05) is 17.7 Å². The molecule has 0 radical (unpaired) electrons. The van der Waals surface area contributed by atoms with E-state index in [0.717, 1.165) is 25.7 Å². The van der Waals surface area contributed by atoms with Crippen LogP contribution in [0.1, 0.15) is 81.1 Å². The Morgan fingerprint density at radius 3 is 1.35 bits per heavy atom. The zero-order valence-electron chi connectivity index (χ0n) is 15.2. The molecule has 0 N–H and O–H groups in total. The first-order valence-electron chi connectivity index (χ1n) is 7.78. The van der Waals surface area contributed by atoms with E-state index >= 15 is 0 Å². The van der Waals surface area contributed by atoms with Gasteiger partial charge in [0.1, 0.15) is 0 Å². The van der Waals surface area contributed by atoms with E-state index in [1.54, 1.807) is 0 Å².